The molecular weight excluding hydrogens is 422 g/mol. The number of hydrogen-bond donors (Lipinski definition) is 1. The molecule has 0 saturated carbocycles. The molecule has 3 rings (SSSR count). The molecule has 166 valence electrons. The minimum absolute atomic E-state index is 0.0547. The SMILES string of the molecule is COc1c(/C=N\NS(=O)(=O)c2ccc(C)cc2)c(CCN(C)C(C)=O)cc2c1OCO2. The summed E-state index contributed by atoms with van der Waals surface area (Å²) in [5.41, 5.74) is 2.26. The topological polar surface area (TPSA) is 107 Å². The molecule has 2 aromatic carbocycles. The molecule has 31 heavy (non-hydrogen) atoms. The quantitative estimate of drug-likeness (QED) is 0.490. The maximum Gasteiger partial charge on any atom is 0.276 e. The van der Waals surface area contributed by atoms with Crippen molar-refractivity contribution in [2.45, 2.75) is 25.2 Å². The standard InChI is InChI=1S/C21H25N3O6S/c1-14-5-7-17(8-6-14)31(26,27)23-22-12-18-16(9-10-24(3)15(2)25)11-19-21(20(18)28-4)30-13-29-19/h5-8,11-12,23H,9-10,13H2,1-4H3/b22-12-. The smallest absolute Gasteiger partial charge is 0.276 e. The van der Waals surface area contributed by atoms with Crippen molar-refractivity contribution in [1.29, 1.82) is 0 Å². The summed E-state index contributed by atoms with van der Waals surface area (Å²) in [5, 5.41) is 3.95. The molecule has 1 heterocycles. The fraction of sp³-hybridized carbons (Fsp3) is 0.333. The highest BCUT2D eigenvalue weighted by Crippen LogP contribution is 2.44. The number of nitrogens with zero attached hydrogens (tertiary/aromatic N) is 2. The van der Waals surface area contributed by atoms with Crippen LogP contribution in [0.15, 0.2) is 40.3 Å². The van der Waals surface area contributed by atoms with Crippen LogP contribution in [0.3, 0.4) is 0 Å². The largest absolute Gasteiger partial charge is 0.492 e. The summed E-state index contributed by atoms with van der Waals surface area (Å²) in [6.07, 6.45) is 1.85. The number of aryl methyl sites for hydroxylation is 1. The van der Waals surface area contributed by atoms with Gasteiger partial charge in [-0.25, -0.2) is 4.83 Å². The molecule has 1 amide bonds. The molecule has 0 aromatic heterocycles. The lowest BCUT2D eigenvalue weighted by molar-refractivity contribution is -0.127. The maximum absolute atomic E-state index is 12.5. The average Bonchev–Trinajstić information content (AvgIpc) is 3.20. The van der Waals surface area contributed by atoms with Crippen LogP contribution in [0.5, 0.6) is 17.2 Å². The fourth-order valence-corrected chi connectivity index (χ4v) is 3.80. The molecule has 0 bridgehead atoms. The van der Waals surface area contributed by atoms with Gasteiger partial charge in [-0.1, -0.05) is 17.7 Å². The van der Waals surface area contributed by atoms with Crippen LogP contribution in [0.25, 0.3) is 0 Å². The highest BCUT2D eigenvalue weighted by molar-refractivity contribution is 7.89. The van der Waals surface area contributed by atoms with Gasteiger partial charge >= 0.3 is 0 Å². The number of sulfonamides is 1. The van der Waals surface area contributed by atoms with Crippen molar-refractivity contribution in [1.82, 2.24) is 9.73 Å². The molecule has 0 fully saturated rings. The van der Waals surface area contributed by atoms with Gasteiger partial charge in [0.05, 0.1) is 18.2 Å². The highest BCUT2D eigenvalue weighted by atomic mass is 32.2. The number of hydrazone groups is 1. The van der Waals surface area contributed by atoms with Gasteiger partial charge in [0.15, 0.2) is 11.5 Å². The Morgan fingerprint density at radius 1 is 1.29 bits per heavy atom. The number of carbonyl (C=O) groups excluding carboxylic acids is 1. The third-order valence-corrected chi connectivity index (χ3v) is 6.14. The van der Waals surface area contributed by atoms with Crippen LogP contribution in [0.4, 0.5) is 0 Å². The molecule has 1 N–H and O–H groups in total. The van der Waals surface area contributed by atoms with Crippen LogP contribution in [-0.4, -0.2) is 52.9 Å². The number of fused-ring (bicyclic) bond motifs is 1. The third kappa shape index (κ3) is 5.08. The number of rotatable bonds is 8. The zero-order valence-electron chi connectivity index (χ0n) is 17.8. The highest BCUT2D eigenvalue weighted by Gasteiger charge is 2.25. The van der Waals surface area contributed by atoms with Gasteiger partial charge in [-0.15, -0.1) is 0 Å². The fourth-order valence-electron chi connectivity index (χ4n) is 3.00. The second-order valence-electron chi connectivity index (χ2n) is 7.07. The number of carbonyl (C=O) groups is 1. The van der Waals surface area contributed by atoms with Crippen LogP contribution < -0.4 is 19.0 Å². The summed E-state index contributed by atoms with van der Waals surface area (Å²) in [4.78, 5) is 15.5. The number of hydrogen-bond acceptors (Lipinski definition) is 7. The Morgan fingerprint density at radius 3 is 2.65 bits per heavy atom. The average molecular weight is 448 g/mol. The minimum atomic E-state index is -3.83. The van der Waals surface area contributed by atoms with Crippen molar-refractivity contribution in [3.8, 4) is 17.2 Å². The van der Waals surface area contributed by atoms with E-state index in [-0.39, 0.29) is 17.6 Å². The van der Waals surface area contributed by atoms with Gasteiger partial charge in [0.1, 0.15) is 0 Å². The number of benzene rings is 2. The van der Waals surface area contributed by atoms with E-state index in [2.05, 4.69) is 9.93 Å². The first kappa shape index (κ1) is 22.4. The Bertz CT molecular complexity index is 1100. The van der Waals surface area contributed by atoms with Gasteiger partial charge < -0.3 is 19.1 Å². The Morgan fingerprint density at radius 2 is 2.00 bits per heavy atom. The Balaban J connectivity index is 1.91. The van der Waals surface area contributed by atoms with Crippen molar-refractivity contribution in [2.24, 2.45) is 5.10 Å². The lowest BCUT2D eigenvalue weighted by Crippen LogP contribution is -2.26. The monoisotopic (exact) mass is 447 g/mol. The summed E-state index contributed by atoms with van der Waals surface area (Å²) in [7, 11) is -0.639. The lowest BCUT2D eigenvalue weighted by Gasteiger charge is -2.17. The van der Waals surface area contributed by atoms with Crippen molar-refractivity contribution < 1.29 is 27.4 Å². The summed E-state index contributed by atoms with van der Waals surface area (Å²) in [6.45, 7) is 3.87. The molecule has 1 aliphatic heterocycles. The molecule has 9 nitrogen and oxygen atoms in total. The van der Waals surface area contributed by atoms with Crippen LogP contribution in [0.1, 0.15) is 23.6 Å². The lowest BCUT2D eigenvalue weighted by atomic mass is 10.0. The van der Waals surface area contributed by atoms with Crippen molar-refractivity contribution in [3.05, 3.63) is 47.0 Å². The predicted octanol–water partition coefficient (Wildman–Crippen LogP) is 2.07. The molecule has 2 aromatic rings. The van der Waals surface area contributed by atoms with Gasteiger partial charge in [0.25, 0.3) is 10.0 Å². The van der Waals surface area contributed by atoms with E-state index in [9.17, 15) is 13.2 Å². The van der Waals surface area contributed by atoms with Crippen LogP contribution in [0, 0.1) is 6.92 Å². The molecule has 10 heteroatoms. The summed E-state index contributed by atoms with van der Waals surface area (Å²) >= 11 is 0. The molecule has 0 aliphatic carbocycles. The van der Waals surface area contributed by atoms with E-state index >= 15 is 0 Å². The normalized spacial score (nSPS) is 12.8. The van der Waals surface area contributed by atoms with E-state index in [0.717, 1.165) is 11.1 Å². The molecule has 0 unspecified atom stereocenters. The molecule has 0 atom stereocenters. The van der Waals surface area contributed by atoms with Gasteiger partial charge in [-0.2, -0.15) is 13.5 Å². The van der Waals surface area contributed by atoms with E-state index in [4.69, 9.17) is 14.2 Å². The van der Waals surface area contributed by atoms with Crippen molar-refractivity contribution in [2.75, 3.05) is 27.5 Å². The maximum atomic E-state index is 12.5. The molecule has 0 radical (unpaired) electrons. The van der Waals surface area contributed by atoms with Gasteiger partial charge in [0.2, 0.25) is 18.4 Å². The zero-order valence-corrected chi connectivity index (χ0v) is 18.7. The molecule has 0 saturated heterocycles. The summed E-state index contributed by atoms with van der Waals surface area (Å²) in [6, 6.07) is 8.23. The Kier molecular flexibility index (Phi) is 6.69. The Labute approximate surface area is 181 Å². The van der Waals surface area contributed by atoms with E-state index < -0.39 is 10.0 Å². The van der Waals surface area contributed by atoms with E-state index in [0.29, 0.717) is 35.8 Å². The molecule has 1 aliphatic rings. The summed E-state index contributed by atoms with van der Waals surface area (Å²) in [5.74, 6) is 1.27. The van der Waals surface area contributed by atoms with E-state index in [1.807, 2.05) is 6.92 Å². The Hall–Kier alpha value is -3.27. The van der Waals surface area contributed by atoms with E-state index in [1.54, 1.807) is 30.1 Å². The van der Waals surface area contributed by atoms with E-state index in [1.165, 1.54) is 32.4 Å². The van der Waals surface area contributed by atoms with Gasteiger partial charge in [0, 0.05) is 26.1 Å². The van der Waals surface area contributed by atoms with Gasteiger partial charge in [-0.05, 0) is 37.1 Å². The number of nitrogens with one attached hydrogen (secondary N) is 1. The number of likely N-dealkylation sites (N-methyl/N-ethyl adjacent to an activating group) is 1. The van der Waals surface area contributed by atoms with Crippen molar-refractivity contribution in [3.63, 3.8) is 0 Å². The van der Waals surface area contributed by atoms with Crippen LogP contribution in [0.2, 0.25) is 0 Å². The number of methoxy groups -OCH3 is 1. The predicted molar refractivity (Wildman–Crippen MR) is 115 cm³/mol. The second kappa shape index (κ2) is 9.25. The third-order valence-electron chi connectivity index (χ3n) is 4.90. The molecular formula is C21H25N3O6S. The van der Waals surface area contributed by atoms with Crippen molar-refractivity contribution >= 4 is 22.1 Å². The number of amides is 1. The first-order valence-corrected chi connectivity index (χ1v) is 11.0. The first-order chi connectivity index (χ1) is 14.7. The first-order valence-electron chi connectivity index (χ1n) is 9.55. The second-order valence-corrected chi connectivity index (χ2v) is 8.73. The van der Waals surface area contributed by atoms with Crippen LogP contribution in [-0.2, 0) is 21.2 Å². The summed E-state index contributed by atoms with van der Waals surface area (Å²) < 4.78 is 41.5. The van der Waals surface area contributed by atoms with Gasteiger partial charge in [-0.3, -0.25) is 4.79 Å². The molecule has 0 spiro atoms. The minimum Gasteiger partial charge on any atom is -0.492 e. The number of ether oxygens (including phenoxy) is 3. The van der Waals surface area contributed by atoms with Crippen LogP contribution >= 0.6 is 0 Å². The zero-order chi connectivity index (χ0) is 22.6.